The number of hydrogen-bond acceptors (Lipinski definition) is 5. The van der Waals surface area contributed by atoms with E-state index in [1.54, 1.807) is 6.20 Å². The molecule has 7 nitrogen and oxygen atoms in total. The van der Waals surface area contributed by atoms with E-state index in [-0.39, 0.29) is 17.9 Å². The Bertz CT molecular complexity index is 821. The Labute approximate surface area is 133 Å². The van der Waals surface area contributed by atoms with E-state index in [9.17, 15) is 4.79 Å². The van der Waals surface area contributed by atoms with Crippen molar-refractivity contribution in [1.82, 2.24) is 25.2 Å². The summed E-state index contributed by atoms with van der Waals surface area (Å²) in [6, 6.07) is 5.26. The number of fused-ring (bicyclic) bond motifs is 1. The molecule has 0 aliphatic rings. The minimum absolute atomic E-state index is 0.0525. The van der Waals surface area contributed by atoms with Gasteiger partial charge in [-0.05, 0) is 34.9 Å². The molecule has 0 spiro atoms. The Morgan fingerprint density at radius 1 is 1.26 bits per heavy atom. The summed E-state index contributed by atoms with van der Waals surface area (Å²) in [6.07, 6.45) is 3.57. The van der Waals surface area contributed by atoms with E-state index in [2.05, 4.69) is 39.1 Å². The van der Waals surface area contributed by atoms with Gasteiger partial charge in [0, 0.05) is 24.9 Å². The fraction of sp³-hybridized carbons (Fsp3) is 0.375. The van der Waals surface area contributed by atoms with Crippen molar-refractivity contribution >= 4 is 16.9 Å². The van der Waals surface area contributed by atoms with Crippen LogP contribution in [0.5, 0.6) is 0 Å². The van der Waals surface area contributed by atoms with Crippen LogP contribution in [0.1, 0.15) is 44.1 Å². The molecule has 2 heterocycles. The van der Waals surface area contributed by atoms with Crippen molar-refractivity contribution in [2.45, 2.75) is 39.3 Å². The first-order valence-electron chi connectivity index (χ1n) is 7.58. The van der Waals surface area contributed by atoms with Gasteiger partial charge in [-0.15, -0.1) is 0 Å². The fourth-order valence-corrected chi connectivity index (χ4v) is 2.50. The third-order valence-electron chi connectivity index (χ3n) is 3.80. The first-order chi connectivity index (χ1) is 11.1. The number of carbonyl (C=O) groups excluding carboxylic acids is 1. The SMILES string of the molecule is CC(C)c1nccn1[C@H](C)C(=O)NCc1ccc2nonc2c1. The third kappa shape index (κ3) is 3.08. The monoisotopic (exact) mass is 313 g/mol. The Hall–Kier alpha value is -2.70. The minimum Gasteiger partial charge on any atom is -0.350 e. The van der Waals surface area contributed by atoms with Crippen LogP contribution in [0.3, 0.4) is 0 Å². The summed E-state index contributed by atoms with van der Waals surface area (Å²) in [5.41, 5.74) is 2.33. The summed E-state index contributed by atoms with van der Waals surface area (Å²) in [7, 11) is 0. The topological polar surface area (TPSA) is 85.8 Å². The van der Waals surface area contributed by atoms with Gasteiger partial charge in [0.2, 0.25) is 5.91 Å². The van der Waals surface area contributed by atoms with E-state index in [4.69, 9.17) is 0 Å². The van der Waals surface area contributed by atoms with Crippen molar-refractivity contribution in [3.05, 3.63) is 42.0 Å². The van der Waals surface area contributed by atoms with Crippen molar-refractivity contribution in [2.24, 2.45) is 0 Å². The Balaban J connectivity index is 1.67. The zero-order valence-electron chi connectivity index (χ0n) is 13.4. The summed E-state index contributed by atoms with van der Waals surface area (Å²) in [5, 5.41) is 10.5. The molecule has 0 bridgehead atoms. The summed E-state index contributed by atoms with van der Waals surface area (Å²) in [5.74, 6) is 1.12. The molecule has 1 atom stereocenters. The molecule has 0 saturated carbocycles. The molecule has 0 saturated heterocycles. The van der Waals surface area contributed by atoms with Gasteiger partial charge in [-0.3, -0.25) is 4.79 Å². The molecule has 3 rings (SSSR count). The van der Waals surface area contributed by atoms with Gasteiger partial charge in [-0.1, -0.05) is 19.9 Å². The molecule has 0 fully saturated rings. The number of amides is 1. The van der Waals surface area contributed by atoms with E-state index in [0.717, 1.165) is 11.4 Å². The lowest BCUT2D eigenvalue weighted by molar-refractivity contribution is -0.124. The van der Waals surface area contributed by atoms with Crippen LogP contribution in [0, 0.1) is 0 Å². The highest BCUT2D eigenvalue weighted by Gasteiger charge is 2.18. The summed E-state index contributed by atoms with van der Waals surface area (Å²) in [6.45, 7) is 6.42. The summed E-state index contributed by atoms with van der Waals surface area (Å²) >= 11 is 0. The van der Waals surface area contributed by atoms with Crippen molar-refractivity contribution in [3.63, 3.8) is 0 Å². The first-order valence-corrected chi connectivity index (χ1v) is 7.58. The first kappa shape index (κ1) is 15.2. The molecule has 1 aromatic carbocycles. The smallest absolute Gasteiger partial charge is 0.243 e. The number of nitrogens with one attached hydrogen (secondary N) is 1. The summed E-state index contributed by atoms with van der Waals surface area (Å²) < 4.78 is 6.58. The van der Waals surface area contributed by atoms with Crippen molar-refractivity contribution in [3.8, 4) is 0 Å². The maximum atomic E-state index is 12.4. The number of imidazole rings is 1. The van der Waals surface area contributed by atoms with Crippen LogP contribution in [0.2, 0.25) is 0 Å². The quantitative estimate of drug-likeness (QED) is 0.782. The molecule has 7 heteroatoms. The zero-order valence-corrected chi connectivity index (χ0v) is 13.4. The highest BCUT2D eigenvalue weighted by Crippen LogP contribution is 2.17. The molecule has 2 aromatic heterocycles. The zero-order chi connectivity index (χ0) is 16.4. The largest absolute Gasteiger partial charge is 0.350 e. The Kier molecular flexibility index (Phi) is 4.10. The predicted molar refractivity (Wildman–Crippen MR) is 84.7 cm³/mol. The van der Waals surface area contributed by atoms with Gasteiger partial charge in [0.1, 0.15) is 22.9 Å². The third-order valence-corrected chi connectivity index (χ3v) is 3.80. The van der Waals surface area contributed by atoms with E-state index in [1.807, 2.05) is 35.9 Å². The lowest BCUT2D eigenvalue weighted by Gasteiger charge is -2.17. The molecular weight excluding hydrogens is 294 g/mol. The van der Waals surface area contributed by atoms with E-state index in [0.29, 0.717) is 17.6 Å². The van der Waals surface area contributed by atoms with Gasteiger partial charge in [0.15, 0.2) is 0 Å². The van der Waals surface area contributed by atoms with Gasteiger partial charge in [0.05, 0.1) is 0 Å². The summed E-state index contributed by atoms with van der Waals surface area (Å²) in [4.78, 5) is 16.7. The highest BCUT2D eigenvalue weighted by atomic mass is 16.6. The minimum atomic E-state index is -0.313. The van der Waals surface area contributed by atoms with Crippen LogP contribution in [0.4, 0.5) is 0 Å². The van der Waals surface area contributed by atoms with Crippen LogP contribution in [-0.2, 0) is 11.3 Å². The van der Waals surface area contributed by atoms with Crippen LogP contribution < -0.4 is 5.32 Å². The average Bonchev–Trinajstić information content (AvgIpc) is 3.19. The maximum Gasteiger partial charge on any atom is 0.243 e. The molecule has 1 N–H and O–H groups in total. The number of benzene rings is 1. The molecule has 0 aliphatic heterocycles. The Morgan fingerprint density at radius 2 is 2.04 bits per heavy atom. The van der Waals surface area contributed by atoms with Crippen molar-refractivity contribution < 1.29 is 9.42 Å². The lowest BCUT2D eigenvalue weighted by atomic mass is 10.1. The second-order valence-corrected chi connectivity index (χ2v) is 5.83. The normalized spacial score (nSPS) is 12.7. The van der Waals surface area contributed by atoms with E-state index < -0.39 is 0 Å². The molecule has 3 aromatic rings. The second-order valence-electron chi connectivity index (χ2n) is 5.83. The molecule has 0 aliphatic carbocycles. The van der Waals surface area contributed by atoms with Gasteiger partial charge in [-0.2, -0.15) is 0 Å². The van der Waals surface area contributed by atoms with E-state index >= 15 is 0 Å². The van der Waals surface area contributed by atoms with Gasteiger partial charge < -0.3 is 9.88 Å². The van der Waals surface area contributed by atoms with Crippen molar-refractivity contribution in [1.29, 1.82) is 0 Å². The van der Waals surface area contributed by atoms with Gasteiger partial charge in [-0.25, -0.2) is 9.61 Å². The van der Waals surface area contributed by atoms with E-state index in [1.165, 1.54) is 0 Å². The van der Waals surface area contributed by atoms with Crippen LogP contribution in [0.15, 0.2) is 35.2 Å². The maximum absolute atomic E-state index is 12.4. The molecule has 0 unspecified atom stereocenters. The van der Waals surface area contributed by atoms with Gasteiger partial charge in [0.25, 0.3) is 0 Å². The lowest BCUT2D eigenvalue weighted by Crippen LogP contribution is -2.31. The molecule has 120 valence electrons. The standard InChI is InChI=1S/C16H19N5O2/c1-10(2)15-17-6-7-21(15)11(3)16(22)18-9-12-4-5-13-14(8-12)20-23-19-13/h4-8,10-11H,9H2,1-3H3,(H,18,22)/t11-/m1/s1. The molecule has 1 amide bonds. The molecule has 23 heavy (non-hydrogen) atoms. The van der Waals surface area contributed by atoms with Crippen LogP contribution >= 0.6 is 0 Å². The number of nitrogens with zero attached hydrogens (tertiary/aromatic N) is 4. The second kappa shape index (κ2) is 6.20. The van der Waals surface area contributed by atoms with Gasteiger partial charge >= 0.3 is 0 Å². The fourth-order valence-electron chi connectivity index (χ4n) is 2.50. The number of rotatable bonds is 5. The number of hydrogen-bond donors (Lipinski definition) is 1. The Morgan fingerprint density at radius 3 is 2.83 bits per heavy atom. The predicted octanol–water partition coefficient (Wildman–Crippen LogP) is 2.42. The highest BCUT2D eigenvalue weighted by molar-refractivity contribution is 5.80. The molecule has 0 radical (unpaired) electrons. The van der Waals surface area contributed by atoms with Crippen molar-refractivity contribution in [2.75, 3.05) is 0 Å². The number of carbonyl (C=O) groups is 1. The number of aromatic nitrogens is 4. The van der Waals surface area contributed by atoms with Crippen LogP contribution in [0.25, 0.3) is 11.0 Å². The molecular formula is C16H19N5O2. The average molecular weight is 313 g/mol. The van der Waals surface area contributed by atoms with Crippen LogP contribution in [-0.4, -0.2) is 25.8 Å².